The van der Waals surface area contributed by atoms with Crippen LogP contribution in [0.4, 0.5) is 11.4 Å². The Labute approximate surface area is 159 Å². The fourth-order valence-electron chi connectivity index (χ4n) is 3.83. The molecule has 2 aliphatic rings. The number of nitrogens with zero attached hydrogens (tertiary/aromatic N) is 1. The summed E-state index contributed by atoms with van der Waals surface area (Å²) >= 11 is 0. The molecule has 4 rings (SSSR count). The van der Waals surface area contributed by atoms with Gasteiger partial charge in [0, 0.05) is 34.5 Å². The summed E-state index contributed by atoms with van der Waals surface area (Å²) in [6.45, 7) is 1.96. The predicted octanol–water partition coefficient (Wildman–Crippen LogP) is 3.57. The highest BCUT2D eigenvalue weighted by Crippen LogP contribution is 2.42. The van der Waals surface area contributed by atoms with Crippen LogP contribution in [0.5, 0.6) is 0 Å². The molecule has 6 heteroatoms. The summed E-state index contributed by atoms with van der Waals surface area (Å²) in [6, 6.07) is 14.1. The molecule has 4 nitrogen and oxygen atoms in total. The van der Waals surface area contributed by atoms with E-state index in [9.17, 15) is 8.42 Å². The summed E-state index contributed by atoms with van der Waals surface area (Å²) in [7, 11) is -2.25. The lowest BCUT2D eigenvalue weighted by molar-refractivity contribution is 0.385. The van der Waals surface area contributed by atoms with Gasteiger partial charge in [0.15, 0.2) is 0 Å². The third-order valence-corrected chi connectivity index (χ3v) is 7.63. The highest BCUT2D eigenvalue weighted by Gasteiger charge is 2.29. The van der Waals surface area contributed by atoms with Gasteiger partial charge in [-0.3, -0.25) is 4.21 Å². The second-order valence-electron chi connectivity index (χ2n) is 6.91. The van der Waals surface area contributed by atoms with Crippen LogP contribution in [0, 0.1) is 0 Å². The Morgan fingerprint density at radius 3 is 2.73 bits per heavy atom. The molecule has 2 aromatic carbocycles. The summed E-state index contributed by atoms with van der Waals surface area (Å²) in [6.07, 6.45) is 6.49. The van der Waals surface area contributed by atoms with E-state index in [0.717, 1.165) is 45.6 Å². The van der Waals surface area contributed by atoms with Gasteiger partial charge < -0.3 is 10.2 Å². The van der Waals surface area contributed by atoms with E-state index in [-0.39, 0.29) is 0 Å². The van der Waals surface area contributed by atoms with Gasteiger partial charge in [0.2, 0.25) is 0 Å². The molecule has 0 radical (unpaired) electrons. The van der Waals surface area contributed by atoms with Crippen molar-refractivity contribution < 1.29 is 8.42 Å². The number of benzene rings is 2. The Bertz CT molecular complexity index is 863. The number of hydrogen-bond acceptors (Lipinski definition) is 4. The molecule has 138 valence electrons. The van der Waals surface area contributed by atoms with Crippen molar-refractivity contribution in [2.75, 3.05) is 24.2 Å². The molecular formula is C20H24N2O2S2. The zero-order valence-corrected chi connectivity index (χ0v) is 16.6. The van der Waals surface area contributed by atoms with Gasteiger partial charge in [0.25, 0.3) is 0 Å². The molecule has 0 aliphatic carbocycles. The van der Waals surface area contributed by atoms with Crippen molar-refractivity contribution in [1.82, 2.24) is 5.32 Å². The second-order valence-corrected chi connectivity index (χ2v) is 9.70. The Hall–Kier alpha value is -1.50. The van der Waals surface area contributed by atoms with Crippen LogP contribution in [0.15, 0.2) is 57.2 Å². The van der Waals surface area contributed by atoms with Crippen LogP contribution in [0.25, 0.3) is 0 Å². The maximum absolute atomic E-state index is 13.0. The monoisotopic (exact) mass is 388 g/mol. The van der Waals surface area contributed by atoms with Crippen LogP contribution >= 0.6 is 0 Å². The average Bonchev–Trinajstić information content (AvgIpc) is 2.68. The van der Waals surface area contributed by atoms with Crippen LogP contribution in [0.2, 0.25) is 0 Å². The predicted molar refractivity (Wildman–Crippen MR) is 107 cm³/mol. The first-order valence-electron chi connectivity index (χ1n) is 9.14. The van der Waals surface area contributed by atoms with Crippen molar-refractivity contribution in [3.63, 3.8) is 0 Å². The second kappa shape index (κ2) is 7.62. The summed E-state index contributed by atoms with van der Waals surface area (Å²) < 4.78 is 25.0. The van der Waals surface area contributed by atoms with Gasteiger partial charge >= 0.3 is 0 Å². The molecular weight excluding hydrogens is 364 g/mol. The van der Waals surface area contributed by atoms with Crippen LogP contribution in [0.1, 0.15) is 25.7 Å². The lowest BCUT2D eigenvalue weighted by Crippen LogP contribution is -2.37. The Morgan fingerprint density at radius 2 is 1.96 bits per heavy atom. The fraction of sp³-hybridized carbons (Fsp3) is 0.400. The molecule has 1 fully saturated rings. The zero-order chi connectivity index (χ0) is 18.1. The molecule has 2 heterocycles. The Kier molecular flexibility index (Phi) is 5.25. The van der Waals surface area contributed by atoms with E-state index in [1.165, 1.54) is 19.3 Å². The average molecular weight is 389 g/mol. The maximum Gasteiger partial charge on any atom is 0.0892 e. The van der Waals surface area contributed by atoms with Gasteiger partial charge in [0.1, 0.15) is 0 Å². The topological polar surface area (TPSA) is 49.4 Å². The molecule has 3 atom stereocenters. The number of para-hydroxylation sites is 1. The number of fused-ring (bicyclic) bond motifs is 2. The molecule has 0 saturated carbocycles. The quantitative estimate of drug-likeness (QED) is 0.870. The first-order chi connectivity index (χ1) is 12.6. The normalized spacial score (nSPS) is 23.2. The van der Waals surface area contributed by atoms with Gasteiger partial charge in [-0.2, -0.15) is 0 Å². The van der Waals surface area contributed by atoms with E-state index in [4.69, 9.17) is 0 Å². The molecule has 0 bridgehead atoms. The summed E-state index contributed by atoms with van der Waals surface area (Å²) in [5.41, 5.74) is 1.94. The highest BCUT2D eigenvalue weighted by molar-refractivity contribution is 7.85. The minimum absolute atomic E-state index is 0.537. The minimum Gasteiger partial charge on any atom is -0.339 e. The van der Waals surface area contributed by atoms with Crippen LogP contribution in [-0.2, 0) is 21.6 Å². The molecule has 2 aromatic rings. The van der Waals surface area contributed by atoms with E-state index in [0.29, 0.717) is 6.04 Å². The fourth-order valence-corrected chi connectivity index (χ4v) is 5.72. The first-order valence-corrected chi connectivity index (χ1v) is 11.8. The SMILES string of the molecule is CS(=O)c1ccc2c(c1)N(CCC1CCCCN1)c1ccccc1S2=O. The molecule has 1 N–H and O–H groups in total. The van der Waals surface area contributed by atoms with E-state index >= 15 is 0 Å². The standard InChI is InChI=1S/C20H24N2O2S2/c1-25(23)16-9-10-20-18(14-16)22(13-11-15-6-4-5-12-21-15)17-7-2-3-8-19(17)26(20)24/h2-3,7-10,14-15,21H,4-6,11-13H2,1H3. The Morgan fingerprint density at radius 1 is 1.15 bits per heavy atom. The van der Waals surface area contributed by atoms with E-state index in [2.05, 4.69) is 10.2 Å². The van der Waals surface area contributed by atoms with Crippen molar-refractivity contribution in [2.45, 2.75) is 46.4 Å². The summed E-state index contributed by atoms with van der Waals surface area (Å²) in [5, 5.41) is 3.61. The van der Waals surface area contributed by atoms with Crippen LogP contribution in [0.3, 0.4) is 0 Å². The first kappa shape index (κ1) is 17.9. The van der Waals surface area contributed by atoms with Gasteiger partial charge in [-0.05, 0) is 56.1 Å². The van der Waals surface area contributed by atoms with Crippen LogP contribution in [-0.4, -0.2) is 33.8 Å². The van der Waals surface area contributed by atoms with Crippen molar-refractivity contribution in [3.8, 4) is 0 Å². The third kappa shape index (κ3) is 3.38. The van der Waals surface area contributed by atoms with Crippen molar-refractivity contribution in [2.24, 2.45) is 0 Å². The van der Waals surface area contributed by atoms with E-state index in [1.54, 1.807) is 6.26 Å². The number of nitrogens with one attached hydrogen (secondary N) is 1. The maximum atomic E-state index is 13.0. The zero-order valence-electron chi connectivity index (χ0n) is 14.9. The molecule has 1 saturated heterocycles. The van der Waals surface area contributed by atoms with E-state index in [1.807, 2.05) is 42.5 Å². The largest absolute Gasteiger partial charge is 0.339 e. The molecule has 0 spiro atoms. The van der Waals surface area contributed by atoms with Gasteiger partial charge in [-0.15, -0.1) is 0 Å². The third-order valence-electron chi connectivity index (χ3n) is 5.22. The summed E-state index contributed by atoms with van der Waals surface area (Å²) in [5.74, 6) is 0. The molecule has 3 unspecified atom stereocenters. The number of piperidine rings is 1. The molecule has 2 aliphatic heterocycles. The lowest BCUT2D eigenvalue weighted by Gasteiger charge is -2.34. The molecule has 0 aromatic heterocycles. The number of rotatable bonds is 4. The highest BCUT2D eigenvalue weighted by atomic mass is 32.2. The van der Waals surface area contributed by atoms with Crippen molar-refractivity contribution in [3.05, 3.63) is 42.5 Å². The van der Waals surface area contributed by atoms with Gasteiger partial charge in [-0.1, -0.05) is 18.6 Å². The number of hydrogen-bond donors (Lipinski definition) is 1. The Balaban J connectivity index is 1.71. The smallest absolute Gasteiger partial charge is 0.0892 e. The van der Waals surface area contributed by atoms with Crippen LogP contribution < -0.4 is 10.2 Å². The minimum atomic E-state index is -1.20. The number of anilines is 2. The summed E-state index contributed by atoms with van der Waals surface area (Å²) in [4.78, 5) is 4.72. The molecule has 0 amide bonds. The molecule has 26 heavy (non-hydrogen) atoms. The van der Waals surface area contributed by atoms with Gasteiger partial charge in [0.05, 0.1) is 32.0 Å². The van der Waals surface area contributed by atoms with Gasteiger partial charge in [-0.25, -0.2) is 4.21 Å². The van der Waals surface area contributed by atoms with Crippen molar-refractivity contribution >= 4 is 33.0 Å². The lowest BCUT2D eigenvalue weighted by atomic mass is 10.0. The van der Waals surface area contributed by atoms with E-state index < -0.39 is 21.6 Å². The van der Waals surface area contributed by atoms with Crippen molar-refractivity contribution in [1.29, 1.82) is 0 Å².